The zero-order chi connectivity index (χ0) is 17.5. The molecule has 3 rings (SSSR count). The number of hydrogen-bond donors (Lipinski definition) is 1. The van der Waals surface area contributed by atoms with Gasteiger partial charge in [0.05, 0.1) is 7.11 Å². The number of anilines is 1. The molecule has 0 atom stereocenters. The summed E-state index contributed by atoms with van der Waals surface area (Å²) >= 11 is 0. The van der Waals surface area contributed by atoms with Crippen LogP contribution in [-0.2, 0) is 11.3 Å². The summed E-state index contributed by atoms with van der Waals surface area (Å²) in [4.78, 5) is 14.4. The van der Waals surface area contributed by atoms with E-state index in [1.165, 1.54) is 24.6 Å². The van der Waals surface area contributed by atoms with Crippen LogP contribution in [0, 0.1) is 0 Å². The van der Waals surface area contributed by atoms with E-state index in [4.69, 9.17) is 4.74 Å². The van der Waals surface area contributed by atoms with Gasteiger partial charge >= 0.3 is 0 Å². The number of amides is 1. The highest BCUT2D eigenvalue weighted by Gasteiger charge is 2.11. The maximum Gasteiger partial charge on any atom is 0.244 e. The molecule has 130 valence electrons. The topological polar surface area (TPSA) is 41.6 Å². The fourth-order valence-electron chi connectivity index (χ4n) is 3.02. The van der Waals surface area contributed by atoms with Crippen molar-refractivity contribution in [3.8, 4) is 5.75 Å². The number of carbonyl (C=O) groups is 1. The third-order valence-electron chi connectivity index (χ3n) is 4.43. The van der Waals surface area contributed by atoms with Crippen molar-refractivity contribution < 1.29 is 9.53 Å². The summed E-state index contributed by atoms with van der Waals surface area (Å²) in [6.45, 7) is 2.81. The minimum absolute atomic E-state index is 0.116. The number of benzene rings is 2. The third kappa shape index (κ3) is 4.63. The zero-order valence-corrected chi connectivity index (χ0v) is 14.6. The minimum Gasteiger partial charge on any atom is -0.496 e. The van der Waals surface area contributed by atoms with E-state index < -0.39 is 0 Å². The van der Waals surface area contributed by atoms with Gasteiger partial charge in [-0.1, -0.05) is 30.3 Å². The van der Waals surface area contributed by atoms with Crippen LogP contribution in [0.3, 0.4) is 0 Å². The van der Waals surface area contributed by atoms with Gasteiger partial charge in [-0.25, -0.2) is 0 Å². The average molecular weight is 336 g/mol. The van der Waals surface area contributed by atoms with Crippen LogP contribution in [0.5, 0.6) is 5.75 Å². The predicted octanol–water partition coefficient (Wildman–Crippen LogP) is 3.63. The van der Waals surface area contributed by atoms with Gasteiger partial charge in [-0.3, -0.25) is 4.79 Å². The molecule has 2 aromatic carbocycles. The molecular weight excluding hydrogens is 312 g/mol. The fourth-order valence-corrected chi connectivity index (χ4v) is 3.02. The summed E-state index contributed by atoms with van der Waals surface area (Å²) in [6, 6.07) is 16.0. The maximum absolute atomic E-state index is 12.0. The molecule has 0 unspecified atom stereocenters. The molecule has 1 fully saturated rings. The quantitative estimate of drug-likeness (QED) is 0.819. The zero-order valence-electron chi connectivity index (χ0n) is 14.6. The van der Waals surface area contributed by atoms with Gasteiger partial charge in [0.15, 0.2) is 0 Å². The van der Waals surface area contributed by atoms with E-state index >= 15 is 0 Å². The van der Waals surface area contributed by atoms with Gasteiger partial charge in [-0.2, -0.15) is 0 Å². The fraction of sp³-hybridized carbons (Fsp3) is 0.286. The lowest BCUT2D eigenvalue weighted by Gasteiger charge is -2.17. The SMILES string of the molecule is COc1ccccc1/C=C/C(=O)NCc1ccc(N2CCCC2)cc1. The molecule has 0 radical (unpaired) electrons. The number of hydrogen-bond acceptors (Lipinski definition) is 3. The number of nitrogens with one attached hydrogen (secondary N) is 1. The number of carbonyl (C=O) groups excluding carboxylic acids is 1. The first kappa shape index (κ1) is 17.1. The van der Waals surface area contributed by atoms with Crippen LogP contribution in [0.4, 0.5) is 5.69 Å². The van der Waals surface area contributed by atoms with Gasteiger partial charge in [0.25, 0.3) is 0 Å². The number of rotatable bonds is 6. The van der Waals surface area contributed by atoms with Crippen LogP contribution < -0.4 is 15.0 Å². The van der Waals surface area contributed by atoms with Crippen LogP contribution in [0.2, 0.25) is 0 Å². The summed E-state index contributed by atoms with van der Waals surface area (Å²) in [5.41, 5.74) is 3.25. The van der Waals surface area contributed by atoms with Gasteiger partial charge < -0.3 is 15.0 Å². The average Bonchev–Trinajstić information content (AvgIpc) is 3.20. The predicted molar refractivity (Wildman–Crippen MR) is 102 cm³/mol. The second-order valence-corrected chi connectivity index (χ2v) is 6.15. The van der Waals surface area contributed by atoms with Crippen LogP contribution in [0.25, 0.3) is 6.08 Å². The lowest BCUT2D eigenvalue weighted by atomic mass is 10.2. The van der Waals surface area contributed by atoms with Crippen LogP contribution in [-0.4, -0.2) is 26.1 Å². The number of para-hydroxylation sites is 1. The summed E-state index contributed by atoms with van der Waals surface area (Å²) in [5.74, 6) is 0.638. The summed E-state index contributed by atoms with van der Waals surface area (Å²) < 4.78 is 5.27. The summed E-state index contributed by atoms with van der Waals surface area (Å²) in [5, 5.41) is 2.92. The van der Waals surface area contributed by atoms with Crippen molar-refractivity contribution in [3.05, 3.63) is 65.7 Å². The molecule has 25 heavy (non-hydrogen) atoms. The third-order valence-corrected chi connectivity index (χ3v) is 4.43. The van der Waals surface area contributed by atoms with Gasteiger partial charge in [-0.15, -0.1) is 0 Å². The molecule has 4 nitrogen and oxygen atoms in total. The van der Waals surface area contributed by atoms with E-state index in [1.54, 1.807) is 13.2 Å². The summed E-state index contributed by atoms with van der Waals surface area (Å²) in [7, 11) is 1.62. The second-order valence-electron chi connectivity index (χ2n) is 6.15. The van der Waals surface area contributed by atoms with Crippen molar-refractivity contribution in [2.45, 2.75) is 19.4 Å². The first-order valence-electron chi connectivity index (χ1n) is 8.69. The van der Waals surface area contributed by atoms with E-state index in [2.05, 4.69) is 34.5 Å². The Morgan fingerprint density at radius 2 is 1.84 bits per heavy atom. The molecule has 0 aliphatic carbocycles. The highest BCUT2D eigenvalue weighted by molar-refractivity contribution is 5.92. The maximum atomic E-state index is 12.0. The smallest absolute Gasteiger partial charge is 0.244 e. The van der Waals surface area contributed by atoms with E-state index in [9.17, 15) is 4.79 Å². The molecule has 2 aromatic rings. The standard InChI is InChI=1S/C21H24N2O2/c1-25-20-7-3-2-6-18(20)10-13-21(24)22-16-17-8-11-19(12-9-17)23-14-4-5-15-23/h2-3,6-13H,4-5,14-16H2,1H3,(H,22,24)/b13-10+. The van der Waals surface area contributed by atoms with Crippen LogP contribution in [0.15, 0.2) is 54.6 Å². The molecule has 1 N–H and O–H groups in total. The van der Waals surface area contributed by atoms with Crippen molar-refractivity contribution in [2.24, 2.45) is 0 Å². The Hall–Kier alpha value is -2.75. The molecule has 0 bridgehead atoms. The Labute approximate surface area is 149 Å². The van der Waals surface area contributed by atoms with Crippen molar-refractivity contribution in [1.29, 1.82) is 0 Å². The molecule has 0 spiro atoms. The molecule has 1 saturated heterocycles. The van der Waals surface area contributed by atoms with Crippen molar-refractivity contribution >= 4 is 17.7 Å². The van der Waals surface area contributed by atoms with Crippen LogP contribution in [0.1, 0.15) is 24.0 Å². The molecular formula is C21H24N2O2. The lowest BCUT2D eigenvalue weighted by Crippen LogP contribution is -2.20. The molecule has 1 heterocycles. The van der Waals surface area contributed by atoms with Crippen molar-refractivity contribution in [2.75, 3.05) is 25.1 Å². The Kier molecular flexibility index (Phi) is 5.73. The van der Waals surface area contributed by atoms with Gasteiger partial charge in [0, 0.05) is 37.0 Å². The first-order chi connectivity index (χ1) is 12.3. The lowest BCUT2D eigenvalue weighted by molar-refractivity contribution is -0.116. The van der Waals surface area contributed by atoms with E-state index in [1.807, 2.05) is 24.3 Å². The Morgan fingerprint density at radius 3 is 2.56 bits per heavy atom. The first-order valence-corrected chi connectivity index (χ1v) is 8.69. The Morgan fingerprint density at radius 1 is 1.12 bits per heavy atom. The molecule has 0 aromatic heterocycles. The number of methoxy groups -OCH3 is 1. The van der Waals surface area contributed by atoms with Crippen molar-refractivity contribution in [3.63, 3.8) is 0 Å². The number of nitrogens with zero attached hydrogens (tertiary/aromatic N) is 1. The van der Waals surface area contributed by atoms with E-state index in [0.29, 0.717) is 6.54 Å². The van der Waals surface area contributed by atoms with Gasteiger partial charge in [0.2, 0.25) is 5.91 Å². The summed E-state index contributed by atoms with van der Waals surface area (Å²) in [6.07, 6.45) is 5.85. The minimum atomic E-state index is -0.116. The highest BCUT2D eigenvalue weighted by atomic mass is 16.5. The molecule has 4 heteroatoms. The van der Waals surface area contributed by atoms with E-state index in [-0.39, 0.29) is 5.91 Å². The molecule has 1 amide bonds. The van der Waals surface area contributed by atoms with Crippen molar-refractivity contribution in [1.82, 2.24) is 5.32 Å². The monoisotopic (exact) mass is 336 g/mol. The van der Waals surface area contributed by atoms with Gasteiger partial charge in [-0.05, 0) is 42.7 Å². The molecule has 0 saturated carbocycles. The normalized spacial score (nSPS) is 14.0. The largest absolute Gasteiger partial charge is 0.496 e. The second kappa shape index (κ2) is 8.38. The Balaban J connectivity index is 1.52. The number of ether oxygens (including phenoxy) is 1. The van der Waals surface area contributed by atoms with Gasteiger partial charge in [0.1, 0.15) is 5.75 Å². The van der Waals surface area contributed by atoms with Crippen LogP contribution >= 0.6 is 0 Å². The Bertz CT molecular complexity index is 732. The molecule has 1 aliphatic heterocycles. The van der Waals surface area contributed by atoms with E-state index in [0.717, 1.165) is 30.0 Å². The molecule has 1 aliphatic rings. The highest BCUT2D eigenvalue weighted by Crippen LogP contribution is 2.20.